The highest BCUT2D eigenvalue weighted by Crippen LogP contribution is 2.21. The zero-order valence-corrected chi connectivity index (χ0v) is 13.2. The lowest BCUT2D eigenvalue weighted by Gasteiger charge is -2.05. The molecule has 0 saturated heterocycles. The van der Waals surface area contributed by atoms with Crippen molar-refractivity contribution in [2.45, 2.75) is 20.3 Å². The molecule has 2 heterocycles. The van der Waals surface area contributed by atoms with Gasteiger partial charge < -0.3 is 4.52 Å². The minimum atomic E-state index is -0.354. The van der Waals surface area contributed by atoms with E-state index in [0.717, 1.165) is 9.35 Å². The van der Waals surface area contributed by atoms with Crippen molar-refractivity contribution in [1.29, 1.82) is 0 Å². The van der Waals surface area contributed by atoms with Gasteiger partial charge in [0.25, 0.3) is 5.91 Å². The fourth-order valence-electron chi connectivity index (χ4n) is 1.58. The Labute approximate surface area is 127 Å². The number of aromatic nitrogens is 1. The zero-order chi connectivity index (χ0) is 14.7. The Morgan fingerprint density at radius 2 is 2.10 bits per heavy atom. The van der Waals surface area contributed by atoms with E-state index < -0.39 is 0 Å². The Morgan fingerprint density at radius 1 is 1.35 bits per heavy atom. The number of carbonyl (C=O) groups is 2. The molecule has 0 aliphatic rings. The molecular weight excluding hydrogens is 346 g/mol. The molecule has 0 aliphatic heterocycles. The maximum absolute atomic E-state index is 11.8. The molecule has 2 rings (SSSR count). The van der Waals surface area contributed by atoms with Gasteiger partial charge in [0.2, 0.25) is 5.91 Å². The van der Waals surface area contributed by atoms with Crippen LogP contribution in [0.5, 0.6) is 0 Å². The Morgan fingerprint density at radius 3 is 2.65 bits per heavy atom. The number of aryl methyl sites for hydroxylation is 2. The van der Waals surface area contributed by atoms with Crippen LogP contribution in [0.1, 0.15) is 26.7 Å². The molecule has 2 aromatic heterocycles. The number of nitrogens with one attached hydrogen (secondary N) is 2. The summed E-state index contributed by atoms with van der Waals surface area (Å²) in [7, 11) is 0. The lowest BCUT2D eigenvalue weighted by Crippen LogP contribution is -2.42. The van der Waals surface area contributed by atoms with Gasteiger partial charge in [-0.1, -0.05) is 5.16 Å². The van der Waals surface area contributed by atoms with Crippen molar-refractivity contribution in [3.63, 3.8) is 0 Å². The van der Waals surface area contributed by atoms with Crippen LogP contribution in [0.2, 0.25) is 0 Å². The van der Waals surface area contributed by atoms with Crippen LogP contribution in [0.15, 0.2) is 20.4 Å². The van der Waals surface area contributed by atoms with Gasteiger partial charge in [-0.15, -0.1) is 11.3 Å². The van der Waals surface area contributed by atoms with Crippen LogP contribution in [0.25, 0.3) is 0 Å². The van der Waals surface area contributed by atoms with E-state index in [9.17, 15) is 9.59 Å². The maximum Gasteiger partial charge on any atom is 0.279 e. The maximum atomic E-state index is 11.8. The topological polar surface area (TPSA) is 84.2 Å². The standard InChI is InChI=1S/C12H12BrN3O3S/c1-6-8(7(2)19-16-6)5-11(17)14-15-12(18)9-3-4-10(13)20-9/h3-4H,5H2,1-2H3,(H,14,17)(H,15,18). The van der Waals surface area contributed by atoms with Crippen LogP contribution in [0.4, 0.5) is 0 Å². The summed E-state index contributed by atoms with van der Waals surface area (Å²) in [5.74, 6) is -0.0812. The van der Waals surface area contributed by atoms with Crippen molar-refractivity contribution in [2.75, 3.05) is 0 Å². The van der Waals surface area contributed by atoms with Gasteiger partial charge >= 0.3 is 0 Å². The highest BCUT2D eigenvalue weighted by molar-refractivity contribution is 9.11. The zero-order valence-electron chi connectivity index (χ0n) is 10.8. The molecule has 6 nitrogen and oxygen atoms in total. The monoisotopic (exact) mass is 357 g/mol. The summed E-state index contributed by atoms with van der Waals surface area (Å²) >= 11 is 4.56. The van der Waals surface area contributed by atoms with Gasteiger partial charge in [-0.25, -0.2) is 0 Å². The highest BCUT2D eigenvalue weighted by Gasteiger charge is 2.14. The van der Waals surface area contributed by atoms with Crippen LogP contribution in [0.3, 0.4) is 0 Å². The van der Waals surface area contributed by atoms with Gasteiger partial charge in [0.15, 0.2) is 0 Å². The van der Waals surface area contributed by atoms with Crippen molar-refractivity contribution >= 4 is 39.1 Å². The van der Waals surface area contributed by atoms with E-state index in [0.29, 0.717) is 16.3 Å². The number of thiophene rings is 1. The Kier molecular flexibility index (Phi) is 4.56. The van der Waals surface area contributed by atoms with Crippen molar-refractivity contribution in [2.24, 2.45) is 0 Å². The minimum Gasteiger partial charge on any atom is -0.361 e. The lowest BCUT2D eigenvalue weighted by atomic mass is 10.1. The SMILES string of the molecule is Cc1noc(C)c1CC(=O)NNC(=O)c1ccc(Br)s1. The first-order chi connectivity index (χ1) is 9.47. The lowest BCUT2D eigenvalue weighted by molar-refractivity contribution is -0.121. The molecule has 2 N–H and O–H groups in total. The van der Waals surface area contributed by atoms with Crippen molar-refractivity contribution in [3.05, 3.63) is 37.8 Å². The Hall–Kier alpha value is -1.67. The molecule has 0 aromatic carbocycles. The van der Waals surface area contributed by atoms with Gasteiger partial charge in [0.1, 0.15) is 5.76 Å². The number of rotatable bonds is 3. The molecule has 106 valence electrons. The number of nitrogens with zero attached hydrogens (tertiary/aromatic N) is 1. The average molecular weight is 358 g/mol. The third-order valence-corrected chi connectivity index (χ3v) is 4.25. The van der Waals surface area contributed by atoms with Crippen LogP contribution in [-0.2, 0) is 11.2 Å². The summed E-state index contributed by atoms with van der Waals surface area (Å²) in [4.78, 5) is 24.0. The Balaban J connectivity index is 1.88. The van der Waals surface area contributed by atoms with Crippen LogP contribution >= 0.6 is 27.3 Å². The van der Waals surface area contributed by atoms with E-state index in [1.54, 1.807) is 26.0 Å². The van der Waals surface area contributed by atoms with Crippen LogP contribution < -0.4 is 10.9 Å². The van der Waals surface area contributed by atoms with Crippen molar-refractivity contribution in [1.82, 2.24) is 16.0 Å². The molecule has 2 amide bonds. The summed E-state index contributed by atoms with van der Waals surface area (Å²) in [5, 5.41) is 3.77. The number of amides is 2. The van der Waals surface area contributed by atoms with E-state index in [1.807, 2.05) is 0 Å². The third kappa shape index (κ3) is 3.45. The van der Waals surface area contributed by atoms with E-state index >= 15 is 0 Å². The number of halogens is 1. The number of hydrogen-bond donors (Lipinski definition) is 2. The Bertz CT molecular complexity index is 631. The largest absolute Gasteiger partial charge is 0.361 e. The van der Waals surface area contributed by atoms with Crippen LogP contribution in [-0.4, -0.2) is 17.0 Å². The summed E-state index contributed by atoms with van der Waals surface area (Å²) in [6.07, 6.45) is 0.107. The molecule has 2 aromatic rings. The second-order valence-electron chi connectivity index (χ2n) is 4.09. The molecule has 0 fully saturated rings. The van der Waals surface area contributed by atoms with Gasteiger partial charge in [0, 0.05) is 5.56 Å². The van der Waals surface area contributed by atoms with Crippen molar-refractivity contribution in [3.8, 4) is 0 Å². The quantitative estimate of drug-likeness (QED) is 0.824. The van der Waals surface area contributed by atoms with E-state index in [2.05, 4.69) is 31.9 Å². The fraction of sp³-hybridized carbons (Fsp3) is 0.250. The molecule has 8 heteroatoms. The first-order valence-corrected chi connectivity index (χ1v) is 7.34. The molecule has 0 aliphatic carbocycles. The van der Waals surface area contributed by atoms with Gasteiger partial charge in [0.05, 0.1) is 20.8 Å². The molecule has 20 heavy (non-hydrogen) atoms. The molecule has 0 saturated carbocycles. The molecule has 0 radical (unpaired) electrons. The normalized spacial score (nSPS) is 10.3. The first kappa shape index (κ1) is 14.7. The van der Waals surface area contributed by atoms with Crippen LogP contribution in [0, 0.1) is 13.8 Å². The molecule has 0 bridgehead atoms. The molecule has 0 atom stereocenters. The summed E-state index contributed by atoms with van der Waals surface area (Å²) < 4.78 is 5.82. The first-order valence-electron chi connectivity index (χ1n) is 5.73. The number of hydrogen-bond acceptors (Lipinski definition) is 5. The summed E-state index contributed by atoms with van der Waals surface area (Å²) in [6, 6.07) is 3.44. The molecular formula is C12H12BrN3O3S. The minimum absolute atomic E-state index is 0.107. The van der Waals surface area contributed by atoms with Crippen molar-refractivity contribution < 1.29 is 14.1 Å². The van der Waals surface area contributed by atoms with Gasteiger partial charge in [-0.3, -0.25) is 20.4 Å². The second kappa shape index (κ2) is 6.19. The van der Waals surface area contributed by atoms with E-state index in [1.165, 1.54) is 11.3 Å². The van der Waals surface area contributed by atoms with E-state index in [-0.39, 0.29) is 18.2 Å². The average Bonchev–Trinajstić information content (AvgIpc) is 2.97. The predicted molar refractivity (Wildman–Crippen MR) is 77.3 cm³/mol. The number of hydrazine groups is 1. The smallest absolute Gasteiger partial charge is 0.279 e. The summed E-state index contributed by atoms with van der Waals surface area (Å²) in [5.41, 5.74) is 6.13. The predicted octanol–water partition coefficient (Wildman–Crippen LogP) is 2.12. The van der Waals surface area contributed by atoms with E-state index in [4.69, 9.17) is 4.52 Å². The molecule has 0 spiro atoms. The van der Waals surface area contributed by atoms with Gasteiger partial charge in [-0.2, -0.15) is 0 Å². The summed E-state index contributed by atoms with van der Waals surface area (Å²) in [6.45, 7) is 3.51. The third-order valence-electron chi connectivity index (χ3n) is 2.63. The highest BCUT2D eigenvalue weighted by atomic mass is 79.9. The fourth-order valence-corrected chi connectivity index (χ4v) is 2.86. The van der Waals surface area contributed by atoms with Gasteiger partial charge in [-0.05, 0) is 41.9 Å². The molecule has 0 unspecified atom stereocenters. The second-order valence-corrected chi connectivity index (χ2v) is 6.55. The number of carbonyl (C=O) groups excluding carboxylic acids is 2.